The number of carbonyl (C=O) groups is 2. The summed E-state index contributed by atoms with van der Waals surface area (Å²) in [5.74, 6) is -1.05. The van der Waals surface area contributed by atoms with Crippen LogP contribution in [0.25, 0.3) is 6.08 Å². The molecule has 0 aromatic heterocycles. The number of benzene rings is 2. The average Bonchev–Trinajstić information content (AvgIpc) is 2.90. The van der Waals surface area contributed by atoms with E-state index in [-0.39, 0.29) is 5.91 Å². The van der Waals surface area contributed by atoms with E-state index < -0.39 is 12.6 Å². The number of hydrogen-bond acceptors (Lipinski definition) is 4. The Kier molecular flexibility index (Phi) is 5.04. The van der Waals surface area contributed by atoms with Crippen molar-refractivity contribution in [2.45, 2.75) is 6.92 Å². The maximum atomic E-state index is 12.8. The highest BCUT2D eigenvalue weighted by atomic mass is 35.5. The van der Waals surface area contributed by atoms with Crippen molar-refractivity contribution in [1.29, 1.82) is 0 Å². The predicted molar refractivity (Wildman–Crippen MR) is 99.6 cm³/mol. The summed E-state index contributed by atoms with van der Waals surface area (Å²) >= 11 is 6.04. The summed E-state index contributed by atoms with van der Waals surface area (Å²) in [4.78, 5) is 23.5. The summed E-state index contributed by atoms with van der Waals surface area (Å²) in [5, 5.41) is 14.9. The minimum atomic E-state index is -1.09. The summed E-state index contributed by atoms with van der Waals surface area (Å²) in [7, 11) is 0. The van der Waals surface area contributed by atoms with Gasteiger partial charge in [-0.1, -0.05) is 29.8 Å². The Labute approximate surface area is 155 Å². The number of amides is 1. The van der Waals surface area contributed by atoms with Gasteiger partial charge in [0.05, 0.1) is 17.0 Å². The highest BCUT2D eigenvalue weighted by Crippen LogP contribution is 2.29. The quantitative estimate of drug-likeness (QED) is 0.815. The number of aliphatic carboxylic acids is 1. The van der Waals surface area contributed by atoms with Crippen LogP contribution >= 0.6 is 11.6 Å². The molecule has 1 aliphatic heterocycles. The van der Waals surface area contributed by atoms with Gasteiger partial charge in [0.15, 0.2) is 6.61 Å². The molecule has 2 aromatic carbocycles. The first-order chi connectivity index (χ1) is 12.5. The number of carboxylic acid groups (broad SMARTS) is 1. The van der Waals surface area contributed by atoms with Crippen LogP contribution in [0.5, 0.6) is 5.75 Å². The van der Waals surface area contributed by atoms with E-state index in [1.807, 2.05) is 18.2 Å². The third kappa shape index (κ3) is 3.75. The number of nitrogens with zero attached hydrogens (tertiary/aromatic N) is 2. The van der Waals surface area contributed by atoms with Gasteiger partial charge in [-0.3, -0.25) is 4.79 Å². The molecule has 7 heteroatoms. The molecule has 26 heavy (non-hydrogen) atoms. The maximum Gasteiger partial charge on any atom is 0.341 e. The number of anilines is 1. The van der Waals surface area contributed by atoms with E-state index in [9.17, 15) is 9.59 Å². The second-order valence-electron chi connectivity index (χ2n) is 5.56. The van der Waals surface area contributed by atoms with Crippen LogP contribution in [0.4, 0.5) is 5.69 Å². The number of para-hydroxylation sites is 1. The van der Waals surface area contributed by atoms with E-state index in [1.165, 1.54) is 5.01 Å². The molecule has 132 valence electrons. The standard InChI is InChI=1S/C19H15ClN2O4/c1-12-16(19(25)22(21-12)15-5-3-2-4-6-15)10-13-9-14(20)7-8-17(13)26-11-18(23)24/h2-10H,11H2,1H3,(H,23,24). The SMILES string of the molecule is CC1=NN(c2ccccc2)C(=O)C1=Cc1cc(Cl)ccc1OCC(=O)O. The zero-order chi connectivity index (χ0) is 18.7. The summed E-state index contributed by atoms with van der Waals surface area (Å²) in [5.41, 5.74) is 2.10. The molecular weight excluding hydrogens is 356 g/mol. The number of rotatable bonds is 5. The fourth-order valence-corrected chi connectivity index (χ4v) is 2.67. The minimum Gasteiger partial charge on any atom is -0.481 e. The second-order valence-corrected chi connectivity index (χ2v) is 6.00. The van der Waals surface area contributed by atoms with Crippen LogP contribution in [0, 0.1) is 0 Å². The molecule has 0 saturated heterocycles. The highest BCUT2D eigenvalue weighted by molar-refractivity contribution is 6.33. The van der Waals surface area contributed by atoms with Crippen LogP contribution in [0.1, 0.15) is 12.5 Å². The fraction of sp³-hybridized carbons (Fsp3) is 0.105. The molecule has 0 aliphatic carbocycles. The summed E-state index contributed by atoms with van der Waals surface area (Å²) in [6.45, 7) is 1.24. The second kappa shape index (κ2) is 7.41. The Morgan fingerprint density at radius 1 is 1.27 bits per heavy atom. The fourth-order valence-electron chi connectivity index (χ4n) is 2.49. The van der Waals surface area contributed by atoms with Crippen LogP contribution in [0.15, 0.2) is 59.2 Å². The first kappa shape index (κ1) is 17.7. The number of hydrogen-bond donors (Lipinski definition) is 1. The Hall–Kier alpha value is -3.12. The van der Waals surface area contributed by atoms with Gasteiger partial charge < -0.3 is 9.84 Å². The smallest absolute Gasteiger partial charge is 0.341 e. The molecule has 0 saturated carbocycles. The van der Waals surface area contributed by atoms with Gasteiger partial charge in [0, 0.05) is 10.6 Å². The summed E-state index contributed by atoms with van der Waals surface area (Å²) < 4.78 is 5.28. The minimum absolute atomic E-state index is 0.280. The molecule has 3 rings (SSSR count). The van der Waals surface area contributed by atoms with E-state index in [2.05, 4.69) is 5.10 Å². The molecule has 1 N–H and O–H groups in total. The Morgan fingerprint density at radius 3 is 2.69 bits per heavy atom. The van der Waals surface area contributed by atoms with Crippen molar-refractivity contribution in [3.63, 3.8) is 0 Å². The van der Waals surface area contributed by atoms with Gasteiger partial charge in [0.2, 0.25) is 0 Å². The highest BCUT2D eigenvalue weighted by Gasteiger charge is 2.28. The molecule has 0 spiro atoms. The topological polar surface area (TPSA) is 79.2 Å². The van der Waals surface area contributed by atoms with Crippen LogP contribution in [0.2, 0.25) is 5.02 Å². The van der Waals surface area contributed by atoms with Gasteiger partial charge in [-0.15, -0.1) is 0 Å². The monoisotopic (exact) mass is 370 g/mol. The molecule has 1 heterocycles. The van der Waals surface area contributed by atoms with E-state index in [0.717, 1.165) is 0 Å². The van der Waals surface area contributed by atoms with Crippen LogP contribution in [-0.4, -0.2) is 29.3 Å². The molecule has 0 atom stereocenters. The van der Waals surface area contributed by atoms with E-state index >= 15 is 0 Å². The van der Waals surface area contributed by atoms with Gasteiger partial charge in [-0.05, 0) is 43.3 Å². The lowest BCUT2D eigenvalue weighted by atomic mass is 10.1. The molecular formula is C19H15ClN2O4. The number of carbonyl (C=O) groups excluding carboxylic acids is 1. The normalized spacial score (nSPS) is 15.3. The van der Waals surface area contributed by atoms with Gasteiger partial charge in [-0.2, -0.15) is 10.1 Å². The first-order valence-corrected chi connectivity index (χ1v) is 8.14. The Bertz CT molecular complexity index is 922. The van der Waals surface area contributed by atoms with Crippen LogP contribution in [-0.2, 0) is 9.59 Å². The number of halogens is 1. The van der Waals surface area contributed by atoms with Crippen molar-refractivity contribution in [2.75, 3.05) is 11.6 Å². The van der Waals surface area contributed by atoms with Gasteiger partial charge >= 0.3 is 5.97 Å². The van der Waals surface area contributed by atoms with Crippen molar-refractivity contribution in [2.24, 2.45) is 5.10 Å². The van der Waals surface area contributed by atoms with E-state index in [4.69, 9.17) is 21.4 Å². The predicted octanol–water partition coefficient (Wildman–Crippen LogP) is 3.61. The lowest BCUT2D eigenvalue weighted by Gasteiger charge is -2.11. The third-order valence-electron chi connectivity index (χ3n) is 3.69. The lowest BCUT2D eigenvalue weighted by Crippen LogP contribution is -2.21. The molecule has 0 bridgehead atoms. The summed E-state index contributed by atoms with van der Waals surface area (Å²) in [6, 6.07) is 13.9. The van der Waals surface area contributed by atoms with Crippen molar-refractivity contribution in [3.8, 4) is 5.75 Å². The van der Waals surface area contributed by atoms with Crippen molar-refractivity contribution < 1.29 is 19.4 Å². The summed E-state index contributed by atoms with van der Waals surface area (Å²) in [6.07, 6.45) is 1.60. The molecule has 2 aromatic rings. The van der Waals surface area contributed by atoms with E-state index in [1.54, 1.807) is 43.3 Å². The molecule has 0 fully saturated rings. The van der Waals surface area contributed by atoms with Gasteiger partial charge in [0.1, 0.15) is 5.75 Å². The molecule has 1 amide bonds. The average molecular weight is 371 g/mol. The largest absolute Gasteiger partial charge is 0.481 e. The Morgan fingerprint density at radius 2 is 2.00 bits per heavy atom. The molecule has 1 aliphatic rings. The van der Waals surface area contributed by atoms with Crippen LogP contribution in [0.3, 0.4) is 0 Å². The number of carboxylic acids is 1. The van der Waals surface area contributed by atoms with Gasteiger partial charge in [0.25, 0.3) is 5.91 Å². The Balaban J connectivity index is 1.95. The number of ether oxygens (including phenoxy) is 1. The van der Waals surface area contributed by atoms with Crippen molar-refractivity contribution >= 4 is 41.0 Å². The molecule has 0 radical (unpaired) electrons. The molecule has 6 nitrogen and oxygen atoms in total. The molecule has 0 unspecified atom stereocenters. The van der Waals surface area contributed by atoms with E-state index in [0.29, 0.717) is 33.3 Å². The third-order valence-corrected chi connectivity index (χ3v) is 3.92. The van der Waals surface area contributed by atoms with Gasteiger partial charge in [-0.25, -0.2) is 4.79 Å². The first-order valence-electron chi connectivity index (χ1n) is 7.76. The zero-order valence-electron chi connectivity index (χ0n) is 13.8. The maximum absolute atomic E-state index is 12.8. The lowest BCUT2D eigenvalue weighted by molar-refractivity contribution is -0.139. The van der Waals surface area contributed by atoms with Crippen molar-refractivity contribution in [1.82, 2.24) is 0 Å². The van der Waals surface area contributed by atoms with Crippen molar-refractivity contribution in [3.05, 3.63) is 64.7 Å². The van der Waals surface area contributed by atoms with Crippen LogP contribution < -0.4 is 9.75 Å². The number of hydrazone groups is 1. The zero-order valence-corrected chi connectivity index (χ0v) is 14.6.